The Bertz CT molecular complexity index is 961. The Morgan fingerprint density at radius 3 is 2.68 bits per heavy atom. The average Bonchev–Trinajstić information content (AvgIpc) is 3.51. The van der Waals surface area contributed by atoms with E-state index in [4.69, 9.17) is 0 Å². The summed E-state index contributed by atoms with van der Waals surface area (Å²) in [5, 5.41) is 0.570. The molecular formula is C22H27N3O3. The number of aromatic nitrogens is 1. The highest BCUT2D eigenvalue weighted by Crippen LogP contribution is 2.32. The minimum Gasteiger partial charge on any atom is -0.350 e. The van der Waals surface area contributed by atoms with Crippen molar-refractivity contribution in [3.05, 3.63) is 46.2 Å². The fourth-order valence-electron chi connectivity index (χ4n) is 4.03. The quantitative estimate of drug-likeness (QED) is 0.885. The van der Waals surface area contributed by atoms with E-state index in [1.165, 1.54) is 18.9 Å². The van der Waals surface area contributed by atoms with Crippen LogP contribution in [0.3, 0.4) is 0 Å². The molecule has 0 spiro atoms. The van der Waals surface area contributed by atoms with Crippen molar-refractivity contribution in [3.63, 3.8) is 0 Å². The summed E-state index contributed by atoms with van der Waals surface area (Å²) >= 11 is 0. The molecule has 1 unspecified atom stereocenters. The van der Waals surface area contributed by atoms with Gasteiger partial charge in [0.1, 0.15) is 5.69 Å². The number of hydrogen-bond donors (Lipinski definition) is 1. The van der Waals surface area contributed by atoms with E-state index in [9.17, 15) is 14.4 Å². The highest BCUT2D eigenvalue weighted by molar-refractivity contribution is 5.95. The van der Waals surface area contributed by atoms with Crippen LogP contribution in [0.15, 0.2) is 35.1 Å². The number of amides is 2. The van der Waals surface area contributed by atoms with E-state index in [1.54, 1.807) is 23.1 Å². The number of nitrogens with zero attached hydrogens (tertiary/aromatic N) is 2. The monoisotopic (exact) mass is 381 g/mol. The molecule has 1 N–H and O–H groups in total. The third-order valence-electron chi connectivity index (χ3n) is 5.90. The van der Waals surface area contributed by atoms with Crippen LogP contribution < -0.4 is 5.43 Å². The molecule has 1 saturated carbocycles. The smallest absolute Gasteiger partial charge is 0.270 e. The molecule has 2 aromatic rings. The van der Waals surface area contributed by atoms with Gasteiger partial charge in [-0.05, 0) is 36.8 Å². The number of nitrogens with one attached hydrogen (secondary N) is 1. The van der Waals surface area contributed by atoms with Gasteiger partial charge in [-0.3, -0.25) is 14.4 Å². The van der Waals surface area contributed by atoms with Gasteiger partial charge in [0.25, 0.3) is 5.91 Å². The molecule has 1 saturated heterocycles. The van der Waals surface area contributed by atoms with Gasteiger partial charge >= 0.3 is 0 Å². The van der Waals surface area contributed by atoms with E-state index in [0.29, 0.717) is 36.3 Å². The summed E-state index contributed by atoms with van der Waals surface area (Å²) in [6.45, 7) is 5.89. The maximum Gasteiger partial charge on any atom is 0.270 e. The van der Waals surface area contributed by atoms with E-state index in [-0.39, 0.29) is 34.9 Å². The summed E-state index contributed by atoms with van der Waals surface area (Å²) in [7, 11) is 0. The SMILES string of the molecule is CC(C)C1CN(C(=O)c2cc(=O)c3ccccc3[nH]2)CCC(=O)N1CC1CC1. The van der Waals surface area contributed by atoms with Gasteiger partial charge in [-0.15, -0.1) is 0 Å². The van der Waals surface area contributed by atoms with E-state index >= 15 is 0 Å². The number of para-hydroxylation sites is 1. The second-order valence-corrected chi connectivity index (χ2v) is 8.39. The summed E-state index contributed by atoms with van der Waals surface area (Å²) in [6.07, 6.45) is 2.71. The first-order valence-electron chi connectivity index (χ1n) is 10.1. The van der Waals surface area contributed by atoms with Crippen LogP contribution in [0.2, 0.25) is 0 Å². The Morgan fingerprint density at radius 1 is 1.21 bits per heavy atom. The Kier molecular flexibility index (Phi) is 4.96. The normalized spacial score (nSPS) is 20.7. The van der Waals surface area contributed by atoms with Gasteiger partial charge in [-0.1, -0.05) is 26.0 Å². The number of hydrogen-bond acceptors (Lipinski definition) is 3. The summed E-state index contributed by atoms with van der Waals surface area (Å²) in [4.78, 5) is 45.2. The van der Waals surface area contributed by atoms with Crippen molar-refractivity contribution in [3.8, 4) is 0 Å². The predicted molar refractivity (Wildman–Crippen MR) is 108 cm³/mol. The molecule has 0 bridgehead atoms. The third kappa shape index (κ3) is 3.68. The molecule has 1 aliphatic carbocycles. The molecule has 4 rings (SSSR count). The van der Waals surface area contributed by atoms with Crippen LogP contribution in [0, 0.1) is 11.8 Å². The highest BCUT2D eigenvalue weighted by Gasteiger charge is 2.36. The summed E-state index contributed by atoms with van der Waals surface area (Å²) < 4.78 is 0. The molecule has 1 atom stereocenters. The van der Waals surface area contributed by atoms with Crippen molar-refractivity contribution >= 4 is 22.7 Å². The van der Waals surface area contributed by atoms with E-state index in [2.05, 4.69) is 18.8 Å². The number of rotatable bonds is 4. The maximum absolute atomic E-state index is 13.2. The van der Waals surface area contributed by atoms with Crippen molar-refractivity contribution in [1.29, 1.82) is 0 Å². The topological polar surface area (TPSA) is 73.5 Å². The lowest BCUT2D eigenvalue weighted by atomic mass is 10.0. The Balaban J connectivity index is 1.62. The fraction of sp³-hybridized carbons (Fsp3) is 0.500. The van der Waals surface area contributed by atoms with Crippen molar-refractivity contribution in [2.75, 3.05) is 19.6 Å². The van der Waals surface area contributed by atoms with Gasteiger partial charge in [0.05, 0.1) is 6.04 Å². The van der Waals surface area contributed by atoms with E-state index < -0.39 is 0 Å². The van der Waals surface area contributed by atoms with Crippen LogP contribution in [-0.4, -0.2) is 52.3 Å². The molecule has 6 heteroatoms. The van der Waals surface area contributed by atoms with Crippen LogP contribution in [0.4, 0.5) is 0 Å². The first-order valence-corrected chi connectivity index (χ1v) is 10.1. The van der Waals surface area contributed by atoms with Gasteiger partial charge in [-0.25, -0.2) is 0 Å². The summed E-state index contributed by atoms with van der Waals surface area (Å²) in [6, 6.07) is 8.57. The predicted octanol–water partition coefficient (Wildman–Crippen LogP) is 2.64. The van der Waals surface area contributed by atoms with Crippen molar-refractivity contribution in [1.82, 2.24) is 14.8 Å². The average molecular weight is 381 g/mol. The molecule has 2 amide bonds. The second-order valence-electron chi connectivity index (χ2n) is 8.39. The van der Waals surface area contributed by atoms with Gasteiger partial charge in [-0.2, -0.15) is 0 Å². The molecule has 28 heavy (non-hydrogen) atoms. The number of fused-ring (bicyclic) bond motifs is 1. The first-order chi connectivity index (χ1) is 13.4. The molecule has 2 fully saturated rings. The van der Waals surface area contributed by atoms with E-state index in [0.717, 1.165) is 6.54 Å². The lowest BCUT2D eigenvalue weighted by molar-refractivity contribution is -0.133. The molecule has 2 heterocycles. The van der Waals surface area contributed by atoms with E-state index in [1.807, 2.05) is 11.0 Å². The van der Waals surface area contributed by atoms with Crippen LogP contribution in [-0.2, 0) is 4.79 Å². The second kappa shape index (κ2) is 7.41. The van der Waals surface area contributed by atoms with Gasteiger partial charge in [0.15, 0.2) is 5.43 Å². The maximum atomic E-state index is 13.2. The number of aromatic amines is 1. The zero-order valence-corrected chi connectivity index (χ0v) is 16.5. The van der Waals surface area contributed by atoms with Crippen LogP contribution in [0.1, 0.15) is 43.6 Å². The van der Waals surface area contributed by atoms with Crippen LogP contribution >= 0.6 is 0 Å². The number of carbonyl (C=O) groups excluding carboxylic acids is 2. The number of carbonyl (C=O) groups is 2. The molecule has 2 aliphatic rings. The minimum absolute atomic E-state index is 0.00623. The molecule has 6 nitrogen and oxygen atoms in total. The zero-order chi connectivity index (χ0) is 19.8. The molecule has 1 aromatic carbocycles. The van der Waals surface area contributed by atoms with Crippen LogP contribution in [0.5, 0.6) is 0 Å². The molecule has 148 valence electrons. The Hall–Kier alpha value is -2.63. The summed E-state index contributed by atoms with van der Waals surface area (Å²) in [5.41, 5.74) is 0.772. The van der Waals surface area contributed by atoms with Gasteiger partial charge < -0.3 is 14.8 Å². The largest absolute Gasteiger partial charge is 0.350 e. The number of pyridine rings is 1. The van der Waals surface area contributed by atoms with Gasteiger partial charge in [0, 0.05) is 43.0 Å². The number of benzene rings is 1. The molecular weight excluding hydrogens is 354 g/mol. The van der Waals surface area contributed by atoms with Crippen molar-refractivity contribution in [2.45, 2.75) is 39.2 Å². The molecule has 1 aliphatic heterocycles. The molecule has 1 aromatic heterocycles. The van der Waals surface area contributed by atoms with Crippen molar-refractivity contribution in [2.24, 2.45) is 11.8 Å². The minimum atomic E-state index is -0.213. The first kappa shape index (κ1) is 18.7. The van der Waals surface area contributed by atoms with Crippen molar-refractivity contribution < 1.29 is 9.59 Å². The third-order valence-corrected chi connectivity index (χ3v) is 5.90. The highest BCUT2D eigenvalue weighted by atomic mass is 16.2. The standard InChI is InChI=1S/C22H27N3O3/c1-14(2)19-13-24(10-9-21(27)25(19)12-15-7-8-15)22(28)18-11-20(26)16-5-3-4-6-17(16)23-18/h3-6,11,14-15,19H,7-10,12-13H2,1-2H3,(H,23,26). The Labute approximate surface area is 164 Å². The van der Waals surface area contributed by atoms with Crippen LogP contribution in [0.25, 0.3) is 10.9 Å². The lowest BCUT2D eigenvalue weighted by Gasteiger charge is -2.34. The fourth-order valence-corrected chi connectivity index (χ4v) is 4.03. The molecule has 0 radical (unpaired) electrons. The lowest BCUT2D eigenvalue weighted by Crippen LogP contribution is -2.48. The van der Waals surface area contributed by atoms with Gasteiger partial charge in [0.2, 0.25) is 5.91 Å². The summed E-state index contributed by atoms with van der Waals surface area (Å²) in [5.74, 6) is 0.790. The zero-order valence-electron chi connectivity index (χ0n) is 16.5. The number of H-pyrrole nitrogens is 1. The Morgan fingerprint density at radius 2 is 1.96 bits per heavy atom.